The predicted molar refractivity (Wildman–Crippen MR) is 73.5 cm³/mol. The van der Waals surface area contributed by atoms with E-state index in [0.717, 1.165) is 25.3 Å². The molecular formula is C15H22N2O. The molecular weight excluding hydrogens is 224 g/mol. The highest BCUT2D eigenvalue weighted by Gasteiger charge is 2.06. The van der Waals surface area contributed by atoms with Crippen LogP contribution in [0.1, 0.15) is 36.9 Å². The minimum atomic E-state index is 0.860. The summed E-state index contributed by atoms with van der Waals surface area (Å²) >= 11 is 0. The monoisotopic (exact) mass is 246 g/mol. The van der Waals surface area contributed by atoms with Crippen LogP contribution in [0.2, 0.25) is 0 Å². The highest BCUT2D eigenvalue weighted by molar-refractivity contribution is 5.20. The van der Waals surface area contributed by atoms with Crippen molar-refractivity contribution in [2.24, 2.45) is 7.05 Å². The SMILES string of the molecule is CCCCNCc1ccc(Cc2ccco2)n1C. The average molecular weight is 246 g/mol. The van der Waals surface area contributed by atoms with Crippen molar-refractivity contribution >= 4 is 0 Å². The molecule has 0 aliphatic carbocycles. The van der Waals surface area contributed by atoms with Gasteiger partial charge in [0.1, 0.15) is 5.76 Å². The van der Waals surface area contributed by atoms with Gasteiger partial charge in [-0.2, -0.15) is 0 Å². The van der Waals surface area contributed by atoms with E-state index in [2.05, 4.69) is 36.0 Å². The van der Waals surface area contributed by atoms with Gasteiger partial charge in [0.2, 0.25) is 0 Å². The van der Waals surface area contributed by atoms with Gasteiger partial charge in [0.25, 0.3) is 0 Å². The third-order valence-electron chi connectivity index (χ3n) is 3.28. The van der Waals surface area contributed by atoms with Gasteiger partial charge in [-0.3, -0.25) is 0 Å². The van der Waals surface area contributed by atoms with Crippen molar-refractivity contribution in [3.63, 3.8) is 0 Å². The Bertz CT molecular complexity index is 457. The van der Waals surface area contributed by atoms with E-state index in [1.54, 1.807) is 6.26 Å². The predicted octanol–water partition coefficient (Wildman–Crippen LogP) is 3.10. The zero-order chi connectivity index (χ0) is 12.8. The van der Waals surface area contributed by atoms with E-state index in [1.165, 1.54) is 24.2 Å². The van der Waals surface area contributed by atoms with Crippen molar-refractivity contribution < 1.29 is 4.42 Å². The number of unbranched alkanes of at least 4 members (excludes halogenated alkanes) is 1. The maximum Gasteiger partial charge on any atom is 0.109 e. The van der Waals surface area contributed by atoms with Crippen molar-refractivity contribution in [1.82, 2.24) is 9.88 Å². The smallest absolute Gasteiger partial charge is 0.109 e. The van der Waals surface area contributed by atoms with Gasteiger partial charge < -0.3 is 14.3 Å². The first-order valence-corrected chi connectivity index (χ1v) is 6.68. The summed E-state index contributed by atoms with van der Waals surface area (Å²) in [5, 5.41) is 3.47. The molecule has 1 N–H and O–H groups in total. The summed E-state index contributed by atoms with van der Waals surface area (Å²) in [7, 11) is 2.12. The Morgan fingerprint density at radius 2 is 2.06 bits per heavy atom. The molecule has 98 valence electrons. The molecule has 0 amide bonds. The summed E-state index contributed by atoms with van der Waals surface area (Å²) < 4.78 is 7.64. The third-order valence-corrected chi connectivity index (χ3v) is 3.28. The Balaban J connectivity index is 1.91. The lowest BCUT2D eigenvalue weighted by atomic mass is 10.2. The Kier molecular flexibility index (Phi) is 4.65. The van der Waals surface area contributed by atoms with Crippen LogP contribution in [0.3, 0.4) is 0 Å². The van der Waals surface area contributed by atoms with Crippen LogP contribution in [-0.2, 0) is 20.0 Å². The molecule has 0 aliphatic heterocycles. The molecule has 2 aromatic heterocycles. The topological polar surface area (TPSA) is 30.1 Å². The van der Waals surface area contributed by atoms with Crippen LogP contribution in [0.25, 0.3) is 0 Å². The summed E-state index contributed by atoms with van der Waals surface area (Å²) in [6.07, 6.45) is 5.07. The minimum absolute atomic E-state index is 0.860. The summed E-state index contributed by atoms with van der Waals surface area (Å²) in [5.74, 6) is 1.02. The van der Waals surface area contributed by atoms with Gasteiger partial charge in [0.15, 0.2) is 0 Å². The van der Waals surface area contributed by atoms with Gasteiger partial charge in [-0.1, -0.05) is 13.3 Å². The van der Waals surface area contributed by atoms with Crippen LogP contribution in [0.15, 0.2) is 34.9 Å². The molecule has 3 nitrogen and oxygen atoms in total. The molecule has 0 fully saturated rings. The van der Waals surface area contributed by atoms with E-state index in [1.807, 2.05) is 12.1 Å². The molecule has 2 heterocycles. The molecule has 0 aromatic carbocycles. The Morgan fingerprint density at radius 3 is 2.78 bits per heavy atom. The van der Waals surface area contributed by atoms with Gasteiger partial charge in [-0.05, 0) is 37.2 Å². The molecule has 18 heavy (non-hydrogen) atoms. The van der Waals surface area contributed by atoms with E-state index >= 15 is 0 Å². The van der Waals surface area contributed by atoms with Crippen LogP contribution in [-0.4, -0.2) is 11.1 Å². The van der Waals surface area contributed by atoms with E-state index in [0.29, 0.717) is 0 Å². The van der Waals surface area contributed by atoms with Crippen molar-refractivity contribution in [2.75, 3.05) is 6.54 Å². The van der Waals surface area contributed by atoms with E-state index in [4.69, 9.17) is 4.42 Å². The fourth-order valence-electron chi connectivity index (χ4n) is 2.07. The highest BCUT2D eigenvalue weighted by atomic mass is 16.3. The normalized spacial score (nSPS) is 11.0. The van der Waals surface area contributed by atoms with Gasteiger partial charge >= 0.3 is 0 Å². The van der Waals surface area contributed by atoms with Crippen molar-refractivity contribution in [3.8, 4) is 0 Å². The van der Waals surface area contributed by atoms with E-state index in [-0.39, 0.29) is 0 Å². The standard InChI is InChI=1S/C15H22N2O/c1-3-4-9-16-12-14-8-7-13(17(14)2)11-15-6-5-10-18-15/h5-8,10,16H,3-4,9,11-12H2,1-2H3. The first kappa shape index (κ1) is 13.0. The first-order chi connectivity index (χ1) is 8.81. The number of hydrogen-bond acceptors (Lipinski definition) is 2. The Hall–Kier alpha value is -1.48. The van der Waals surface area contributed by atoms with Crippen LogP contribution in [0, 0.1) is 0 Å². The molecule has 2 rings (SSSR count). The summed E-state index contributed by atoms with van der Waals surface area (Å²) in [5.41, 5.74) is 2.62. The average Bonchev–Trinajstić information content (AvgIpc) is 2.99. The molecule has 2 aromatic rings. The lowest BCUT2D eigenvalue weighted by Crippen LogP contribution is -2.17. The van der Waals surface area contributed by atoms with Crippen LogP contribution < -0.4 is 5.32 Å². The Morgan fingerprint density at radius 1 is 1.22 bits per heavy atom. The lowest BCUT2D eigenvalue weighted by Gasteiger charge is -2.08. The maximum absolute atomic E-state index is 5.39. The number of hydrogen-bond donors (Lipinski definition) is 1. The molecule has 0 spiro atoms. The van der Waals surface area contributed by atoms with Crippen molar-refractivity contribution in [2.45, 2.75) is 32.7 Å². The van der Waals surface area contributed by atoms with Crippen LogP contribution in [0.4, 0.5) is 0 Å². The molecule has 0 radical (unpaired) electrons. The lowest BCUT2D eigenvalue weighted by molar-refractivity contribution is 0.515. The fraction of sp³-hybridized carbons (Fsp3) is 0.467. The largest absolute Gasteiger partial charge is 0.469 e. The first-order valence-electron chi connectivity index (χ1n) is 6.68. The second-order valence-corrected chi connectivity index (χ2v) is 4.66. The van der Waals surface area contributed by atoms with E-state index < -0.39 is 0 Å². The molecule has 0 saturated heterocycles. The van der Waals surface area contributed by atoms with Crippen molar-refractivity contribution in [1.29, 1.82) is 0 Å². The quantitative estimate of drug-likeness (QED) is 0.761. The highest BCUT2D eigenvalue weighted by Crippen LogP contribution is 2.13. The van der Waals surface area contributed by atoms with Gasteiger partial charge in [0, 0.05) is 31.4 Å². The summed E-state index contributed by atoms with van der Waals surface area (Å²) in [6, 6.07) is 8.33. The molecule has 0 atom stereocenters. The number of aromatic nitrogens is 1. The zero-order valence-corrected chi connectivity index (χ0v) is 11.3. The minimum Gasteiger partial charge on any atom is -0.469 e. The number of nitrogens with one attached hydrogen (secondary N) is 1. The van der Waals surface area contributed by atoms with Crippen LogP contribution >= 0.6 is 0 Å². The second kappa shape index (κ2) is 6.45. The number of furan rings is 1. The molecule has 3 heteroatoms. The second-order valence-electron chi connectivity index (χ2n) is 4.66. The zero-order valence-electron chi connectivity index (χ0n) is 11.3. The fourth-order valence-corrected chi connectivity index (χ4v) is 2.07. The summed E-state index contributed by atoms with van der Waals surface area (Å²) in [4.78, 5) is 0. The van der Waals surface area contributed by atoms with Gasteiger partial charge in [0.05, 0.1) is 6.26 Å². The maximum atomic E-state index is 5.39. The van der Waals surface area contributed by atoms with Crippen molar-refractivity contribution in [3.05, 3.63) is 47.7 Å². The third kappa shape index (κ3) is 3.26. The van der Waals surface area contributed by atoms with Gasteiger partial charge in [-0.25, -0.2) is 0 Å². The number of nitrogens with zero attached hydrogens (tertiary/aromatic N) is 1. The number of rotatable bonds is 7. The van der Waals surface area contributed by atoms with Crippen LogP contribution in [0.5, 0.6) is 0 Å². The molecule has 0 unspecified atom stereocenters. The molecule has 0 aliphatic rings. The van der Waals surface area contributed by atoms with E-state index in [9.17, 15) is 0 Å². The summed E-state index contributed by atoms with van der Waals surface area (Å²) in [6.45, 7) is 4.25. The van der Waals surface area contributed by atoms with Gasteiger partial charge in [-0.15, -0.1) is 0 Å². The molecule has 0 bridgehead atoms. The molecule has 0 saturated carbocycles. The Labute approximate surface area is 109 Å².